The van der Waals surface area contributed by atoms with Gasteiger partial charge in [0.2, 0.25) is 5.91 Å². The van der Waals surface area contributed by atoms with Crippen molar-refractivity contribution in [1.82, 2.24) is 19.7 Å². The van der Waals surface area contributed by atoms with Gasteiger partial charge in [-0.2, -0.15) is 0 Å². The van der Waals surface area contributed by atoms with Crippen molar-refractivity contribution in [2.24, 2.45) is 0 Å². The van der Waals surface area contributed by atoms with E-state index in [0.29, 0.717) is 23.2 Å². The highest BCUT2D eigenvalue weighted by Gasteiger charge is 2.20. The molecule has 0 unspecified atom stereocenters. The molecule has 1 aromatic carbocycles. The number of nitrogens with one attached hydrogen (secondary N) is 1. The summed E-state index contributed by atoms with van der Waals surface area (Å²) in [7, 11) is 0. The number of hydrogen-bond donors (Lipinski definition) is 1. The number of anilines is 1. The van der Waals surface area contributed by atoms with E-state index in [2.05, 4.69) is 20.5 Å². The molecule has 9 heteroatoms. The maximum absolute atomic E-state index is 13.2. The molecule has 0 aliphatic carbocycles. The van der Waals surface area contributed by atoms with Crippen LogP contribution in [0, 0.1) is 5.82 Å². The van der Waals surface area contributed by atoms with E-state index in [9.17, 15) is 9.18 Å². The smallest absolute Gasteiger partial charge is 0.237 e. The minimum absolute atomic E-state index is 0.0417. The van der Waals surface area contributed by atoms with Gasteiger partial charge in [0.15, 0.2) is 11.0 Å². The SMILES string of the molecule is CCn1c(S[C@@H](C)C(=O)Nc2ccc(F)c(Cl)c2)nnc1-c1cccnc1. The van der Waals surface area contributed by atoms with Gasteiger partial charge in [0.1, 0.15) is 5.82 Å². The monoisotopic (exact) mass is 405 g/mol. The van der Waals surface area contributed by atoms with Gasteiger partial charge in [-0.05, 0) is 44.2 Å². The van der Waals surface area contributed by atoms with Gasteiger partial charge in [0.05, 0.1) is 10.3 Å². The molecule has 0 fully saturated rings. The first kappa shape index (κ1) is 19.3. The van der Waals surface area contributed by atoms with Crippen molar-refractivity contribution < 1.29 is 9.18 Å². The van der Waals surface area contributed by atoms with Crippen LogP contribution in [0.3, 0.4) is 0 Å². The van der Waals surface area contributed by atoms with Crippen LogP contribution in [0.2, 0.25) is 5.02 Å². The fourth-order valence-electron chi connectivity index (χ4n) is 2.40. The van der Waals surface area contributed by atoms with Gasteiger partial charge < -0.3 is 9.88 Å². The van der Waals surface area contributed by atoms with E-state index in [0.717, 1.165) is 5.56 Å². The second-order valence-corrected chi connectivity index (χ2v) is 7.39. The lowest BCUT2D eigenvalue weighted by Crippen LogP contribution is -2.23. The molecule has 0 saturated heterocycles. The number of hydrogen-bond acceptors (Lipinski definition) is 5. The van der Waals surface area contributed by atoms with Crippen molar-refractivity contribution in [3.63, 3.8) is 0 Å². The van der Waals surface area contributed by atoms with Gasteiger partial charge in [-0.1, -0.05) is 23.4 Å². The minimum atomic E-state index is -0.531. The molecule has 2 heterocycles. The number of halogens is 2. The number of aromatic nitrogens is 4. The summed E-state index contributed by atoms with van der Waals surface area (Å²) in [4.78, 5) is 16.6. The quantitative estimate of drug-likeness (QED) is 0.620. The molecule has 1 N–H and O–H groups in total. The fraction of sp³-hybridized carbons (Fsp3) is 0.222. The topological polar surface area (TPSA) is 72.7 Å². The Hall–Kier alpha value is -2.45. The van der Waals surface area contributed by atoms with Crippen LogP contribution in [0.4, 0.5) is 10.1 Å². The van der Waals surface area contributed by atoms with Gasteiger partial charge in [0.25, 0.3) is 0 Å². The molecule has 2 aromatic heterocycles. The summed E-state index contributed by atoms with van der Waals surface area (Å²) in [6.07, 6.45) is 3.42. The van der Waals surface area contributed by atoms with Gasteiger partial charge in [0, 0.05) is 30.2 Å². The summed E-state index contributed by atoms with van der Waals surface area (Å²) < 4.78 is 15.2. The van der Waals surface area contributed by atoms with Crippen molar-refractivity contribution in [3.8, 4) is 11.4 Å². The number of pyridine rings is 1. The second kappa shape index (κ2) is 8.49. The minimum Gasteiger partial charge on any atom is -0.325 e. The highest BCUT2D eigenvalue weighted by atomic mass is 35.5. The predicted molar refractivity (Wildman–Crippen MR) is 104 cm³/mol. The number of benzene rings is 1. The Balaban J connectivity index is 1.73. The van der Waals surface area contributed by atoms with Crippen LogP contribution < -0.4 is 5.32 Å². The van der Waals surface area contributed by atoms with Crippen molar-refractivity contribution in [2.75, 3.05) is 5.32 Å². The zero-order chi connectivity index (χ0) is 19.4. The molecule has 0 aliphatic heterocycles. The zero-order valence-corrected chi connectivity index (χ0v) is 16.3. The number of carbonyl (C=O) groups is 1. The van der Waals surface area contributed by atoms with Gasteiger partial charge >= 0.3 is 0 Å². The third-order valence-corrected chi connectivity index (χ3v) is 5.16. The Morgan fingerprint density at radius 2 is 2.19 bits per heavy atom. The highest BCUT2D eigenvalue weighted by molar-refractivity contribution is 8.00. The van der Waals surface area contributed by atoms with Gasteiger partial charge in [-0.25, -0.2) is 4.39 Å². The number of nitrogens with zero attached hydrogens (tertiary/aromatic N) is 4. The van der Waals surface area contributed by atoms with Crippen LogP contribution >= 0.6 is 23.4 Å². The maximum Gasteiger partial charge on any atom is 0.237 e. The molecule has 3 aromatic rings. The number of thioether (sulfide) groups is 1. The van der Waals surface area contributed by atoms with Crippen LogP contribution in [-0.4, -0.2) is 30.9 Å². The average molecular weight is 406 g/mol. The fourth-order valence-corrected chi connectivity index (χ4v) is 3.49. The lowest BCUT2D eigenvalue weighted by Gasteiger charge is -2.13. The normalized spacial score (nSPS) is 12.0. The first-order valence-electron chi connectivity index (χ1n) is 8.25. The van der Waals surface area contributed by atoms with Crippen LogP contribution in [0.25, 0.3) is 11.4 Å². The Labute approximate surface area is 165 Å². The maximum atomic E-state index is 13.2. The molecule has 0 spiro atoms. The van der Waals surface area contributed by atoms with Crippen LogP contribution in [-0.2, 0) is 11.3 Å². The number of rotatable bonds is 6. The molecule has 0 saturated carbocycles. The summed E-state index contributed by atoms with van der Waals surface area (Å²) in [6.45, 7) is 4.41. The molecule has 6 nitrogen and oxygen atoms in total. The lowest BCUT2D eigenvalue weighted by atomic mass is 10.3. The highest BCUT2D eigenvalue weighted by Crippen LogP contribution is 2.27. The molecule has 27 heavy (non-hydrogen) atoms. The zero-order valence-electron chi connectivity index (χ0n) is 14.7. The summed E-state index contributed by atoms with van der Waals surface area (Å²) in [5.41, 5.74) is 1.30. The average Bonchev–Trinajstić information content (AvgIpc) is 3.08. The molecule has 3 rings (SSSR count). The van der Waals surface area contributed by atoms with Crippen molar-refractivity contribution in [1.29, 1.82) is 0 Å². The first-order chi connectivity index (χ1) is 13.0. The molecular formula is C18H17ClFN5OS. The van der Waals surface area contributed by atoms with Crippen LogP contribution in [0.15, 0.2) is 47.9 Å². The van der Waals surface area contributed by atoms with Crippen LogP contribution in [0.5, 0.6) is 0 Å². The molecule has 0 aliphatic rings. The molecule has 140 valence electrons. The third kappa shape index (κ3) is 4.45. The van der Waals surface area contributed by atoms with Crippen LogP contribution in [0.1, 0.15) is 13.8 Å². The molecular weight excluding hydrogens is 389 g/mol. The molecule has 0 bridgehead atoms. The van der Waals surface area contributed by atoms with E-state index in [-0.39, 0.29) is 10.9 Å². The van der Waals surface area contributed by atoms with E-state index in [1.165, 1.54) is 30.0 Å². The summed E-state index contributed by atoms with van der Waals surface area (Å²) in [5.74, 6) is -0.0710. The second-order valence-electron chi connectivity index (χ2n) is 5.67. The number of carbonyl (C=O) groups excluding carboxylic acids is 1. The van der Waals surface area contributed by atoms with Crippen molar-refractivity contribution in [2.45, 2.75) is 30.8 Å². The molecule has 1 atom stereocenters. The third-order valence-electron chi connectivity index (χ3n) is 3.79. The van der Waals surface area contributed by atoms with Gasteiger partial charge in [-0.15, -0.1) is 10.2 Å². The lowest BCUT2D eigenvalue weighted by molar-refractivity contribution is -0.115. The van der Waals surface area contributed by atoms with E-state index < -0.39 is 11.1 Å². The van der Waals surface area contributed by atoms with E-state index in [1.807, 2.05) is 23.6 Å². The Morgan fingerprint density at radius 3 is 2.85 bits per heavy atom. The Kier molecular flexibility index (Phi) is 6.08. The van der Waals surface area contributed by atoms with Gasteiger partial charge in [-0.3, -0.25) is 9.78 Å². The van der Waals surface area contributed by atoms with Crippen molar-refractivity contribution in [3.05, 3.63) is 53.6 Å². The standard InChI is InChI=1S/C18H17ClFN5OS/c1-3-25-16(12-5-4-8-21-10-12)23-24-18(25)27-11(2)17(26)22-13-6-7-15(20)14(19)9-13/h4-11H,3H2,1-2H3,(H,22,26)/t11-/m0/s1. The van der Waals surface area contributed by atoms with E-state index in [1.54, 1.807) is 19.3 Å². The largest absolute Gasteiger partial charge is 0.325 e. The molecule has 1 amide bonds. The van der Waals surface area contributed by atoms with E-state index in [4.69, 9.17) is 11.6 Å². The summed E-state index contributed by atoms with van der Waals surface area (Å²) in [5, 5.41) is 11.3. The Morgan fingerprint density at radius 1 is 1.37 bits per heavy atom. The summed E-state index contributed by atoms with van der Waals surface area (Å²) in [6, 6.07) is 7.79. The number of amides is 1. The molecule has 0 radical (unpaired) electrons. The predicted octanol–water partition coefficient (Wildman–Crippen LogP) is 4.27. The summed E-state index contributed by atoms with van der Waals surface area (Å²) >= 11 is 7.04. The first-order valence-corrected chi connectivity index (χ1v) is 9.51. The van der Waals surface area contributed by atoms with E-state index >= 15 is 0 Å². The van der Waals surface area contributed by atoms with Crippen molar-refractivity contribution >= 4 is 35.0 Å². The Bertz CT molecular complexity index is 950.